The van der Waals surface area contributed by atoms with Gasteiger partial charge in [-0.2, -0.15) is 0 Å². The summed E-state index contributed by atoms with van der Waals surface area (Å²) in [4.78, 5) is 2.42. The standard InChI is InChI=1S/C14H21ClN2O/c1-14(2)11-17(9-10-18-14)8-7-16-13-6-4-3-5-12(13)15/h3-6,16H,7-11H2,1-2H3. The largest absolute Gasteiger partial charge is 0.383 e. The molecule has 1 saturated heterocycles. The predicted octanol–water partition coefficient (Wildman–Crippen LogP) is 2.86. The first-order chi connectivity index (χ1) is 8.57. The Morgan fingerprint density at radius 3 is 2.89 bits per heavy atom. The maximum Gasteiger partial charge on any atom is 0.0753 e. The minimum atomic E-state index is -0.0252. The van der Waals surface area contributed by atoms with Crippen LogP contribution in [-0.2, 0) is 4.74 Å². The van der Waals surface area contributed by atoms with Gasteiger partial charge in [-0.3, -0.25) is 4.90 Å². The van der Waals surface area contributed by atoms with Gasteiger partial charge in [0, 0.05) is 26.2 Å². The van der Waals surface area contributed by atoms with E-state index in [-0.39, 0.29) is 5.60 Å². The molecule has 1 N–H and O–H groups in total. The lowest BCUT2D eigenvalue weighted by Gasteiger charge is -2.38. The first-order valence-corrected chi connectivity index (χ1v) is 6.79. The molecule has 1 aliphatic rings. The second-order valence-electron chi connectivity index (χ2n) is 5.29. The molecule has 1 aromatic carbocycles. The number of anilines is 1. The van der Waals surface area contributed by atoms with E-state index in [1.54, 1.807) is 0 Å². The van der Waals surface area contributed by atoms with Crippen LogP contribution in [-0.4, -0.2) is 43.3 Å². The van der Waals surface area contributed by atoms with E-state index in [1.165, 1.54) is 0 Å². The number of nitrogens with zero attached hydrogens (tertiary/aromatic N) is 1. The van der Waals surface area contributed by atoms with Crippen molar-refractivity contribution in [1.82, 2.24) is 4.90 Å². The van der Waals surface area contributed by atoms with Gasteiger partial charge in [0.05, 0.1) is 22.9 Å². The first-order valence-electron chi connectivity index (χ1n) is 6.41. The zero-order valence-corrected chi connectivity index (χ0v) is 11.8. The minimum Gasteiger partial charge on any atom is -0.383 e. The van der Waals surface area contributed by atoms with Gasteiger partial charge in [-0.1, -0.05) is 23.7 Å². The summed E-state index contributed by atoms with van der Waals surface area (Å²) >= 11 is 6.09. The van der Waals surface area contributed by atoms with Gasteiger partial charge in [0.2, 0.25) is 0 Å². The van der Waals surface area contributed by atoms with Crippen LogP contribution in [0.4, 0.5) is 5.69 Å². The molecule has 0 amide bonds. The Balaban J connectivity index is 1.77. The van der Waals surface area contributed by atoms with Crippen molar-refractivity contribution in [3.8, 4) is 0 Å². The van der Waals surface area contributed by atoms with Crippen molar-refractivity contribution >= 4 is 17.3 Å². The third kappa shape index (κ3) is 3.87. The van der Waals surface area contributed by atoms with Crippen LogP contribution in [0, 0.1) is 0 Å². The molecular formula is C14H21ClN2O. The van der Waals surface area contributed by atoms with Crippen LogP contribution in [0.5, 0.6) is 0 Å². The van der Waals surface area contributed by atoms with E-state index in [2.05, 4.69) is 24.1 Å². The van der Waals surface area contributed by atoms with Crippen molar-refractivity contribution in [3.05, 3.63) is 29.3 Å². The van der Waals surface area contributed by atoms with Gasteiger partial charge in [0.15, 0.2) is 0 Å². The molecule has 3 nitrogen and oxygen atoms in total. The van der Waals surface area contributed by atoms with Crippen LogP contribution in [0.15, 0.2) is 24.3 Å². The number of para-hydroxylation sites is 1. The van der Waals surface area contributed by atoms with Crippen LogP contribution < -0.4 is 5.32 Å². The average Bonchev–Trinajstić information content (AvgIpc) is 2.30. The Morgan fingerprint density at radius 2 is 2.17 bits per heavy atom. The number of halogens is 1. The topological polar surface area (TPSA) is 24.5 Å². The lowest BCUT2D eigenvalue weighted by atomic mass is 10.1. The van der Waals surface area contributed by atoms with Crippen LogP contribution in [0.2, 0.25) is 5.02 Å². The molecule has 1 aliphatic heterocycles. The second-order valence-corrected chi connectivity index (χ2v) is 5.70. The van der Waals surface area contributed by atoms with Gasteiger partial charge in [-0.25, -0.2) is 0 Å². The molecule has 1 heterocycles. The van der Waals surface area contributed by atoms with E-state index in [0.717, 1.165) is 43.5 Å². The van der Waals surface area contributed by atoms with Gasteiger partial charge >= 0.3 is 0 Å². The highest BCUT2D eigenvalue weighted by atomic mass is 35.5. The van der Waals surface area contributed by atoms with Crippen LogP contribution >= 0.6 is 11.6 Å². The zero-order valence-electron chi connectivity index (χ0n) is 11.1. The number of rotatable bonds is 4. The maximum absolute atomic E-state index is 6.09. The monoisotopic (exact) mass is 268 g/mol. The van der Waals surface area contributed by atoms with Crippen LogP contribution in [0.25, 0.3) is 0 Å². The molecule has 1 aromatic rings. The quantitative estimate of drug-likeness (QED) is 0.909. The van der Waals surface area contributed by atoms with E-state index in [4.69, 9.17) is 16.3 Å². The van der Waals surface area contributed by atoms with Gasteiger partial charge in [0.25, 0.3) is 0 Å². The second kappa shape index (κ2) is 5.91. The molecule has 0 atom stereocenters. The summed E-state index contributed by atoms with van der Waals surface area (Å²) in [5.41, 5.74) is 0.981. The molecule has 1 fully saturated rings. The van der Waals surface area contributed by atoms with Crippen LogP contribution in [0.3, 0.4) is 0 Å². The van der Waals surface area contributed by atoms with Crippen molar-refractivity contribution in [2.45, 2.75) is 19.4 Å². The third-order valence-electron chi connectivity index (χ3n) is 3.12. The van der Waals surface area contributed by atoms with E-state index >= 15 is 0 Å². The van der Waals surface area contributed by atoms with E-state index in [1.807, 2.05) is 24.3 Å². The fourth-order valence-corrected chi connectivity index (χ4v) is 2.46. The summed E-state index contributed by atoms with van der Waals surface area (Å²) in [6.07, 6.45) is 0. The van der Waals surface area contributed by atoms with Crippen molar-refractivity contribution < 1.29 is 4.74 Å². The van der Waals surface area contributed by atoms with Gasteiger partial charge in [0.1, 0.15) is 0 Å². The van der Waals surface area contributed by atoms with Gasteiger partial charge in [-0.05, 0) is 26.0 Å². The summed E-state index contributed by atoms with van der Waals surface area (Å²) in [5, 5.41) is 4.15. The highest BCUT2D eigenvalue weighted by molar-refractivity contribution is 6.33. The number of benzene rings is 1. The normalized spacial score (nSPS) is 19.7. The Labute approximate surface area is 114 Å². The Bertz CT molecular complexity index is 395. The van der Waals surface area contributed by atoms with Crippen LogP contribution in [0.1, 0.15) is 13.8 Å². The predicted molar refractivity (Wildman–Crippen MR) is 76.4 cm³/mol. The molecule has 0 bridgehead atoms. The lowest BCUT2D eigenvalue weighted by Crippen LogP contribution is -2.49. The van der Waals surface area contributed by atoms with Gasteiger partial charge < -0.3 is 10.1 Å². The number of hydrogen-bond acceptors (Lipinski definition) is 3. The first kappa shape index (κ1) is 13.7. The summed E-state index contributed by atoms with van der Waals surface area (Å²) in [7, 11) is 0. The van der Waals surface area contributed by atoms with E-state index < -0.39 is 0 Å². The summed E-state index contributed by atoms with van der Waals surface area (Å²) in [5.74, 6) is 0. The number of ether oxygens (including phenoxy) is 1. The molecule has 0 aromatic heterocycles. The zero-order chi connectivity index (χ0) is 13.0. The smallest absolute Gasteiger partial charge is 0.0753 e. The van der Waals surface area contributed by atoms with E-state index in [0.29, 0.717) is 0 Å². The molecule has 100 valence electrons. The van der Waals surface area contributed by atoms with Crippen molar-refractivity contribution in [3.63, 3.8) is 0 Å². The summed E-state index contributed by atoms with van der Waals surface area (Å²) < 4.78 is 5.70. The highest BCUT2D eigenvalue weighted by Gasteiger charge is 2.26. The average molecular weight is 269 g/mol. The fraction of sp³-hybridized carbons (Fsp3) is 0.571. The lowest BCUT2D eigenvalue weighted by molar-refractivity contribution is -0.0848. The number of nitrogens with one attached hydrogen (secondary N) is 1. The maximum atomic E-state index is 6.09. The van der Waals surface area contributed by atoms with Crippen molar-refractivity contribution in [2.24, 2.45) is 0 Å². The summed E-state index contributed by atoms with van der Waals surface area (Å²) in [6.45, 7) is 9.00. The molecule has 0 saturated carbocycles. The third-order valence-corrected chi connectivity index (χ3v) is 3.45. The summed E-state index contributed by atoms with van der Waals surface area (Å²) in [6, 6.07) is 7.84. The molecule has 18 heavy (non-hydrogen) atoms. The molecule has 0 unspecified atom stereocenters. The number of morpholine rings is 1. The minimum absolute atomic E-state index is 0.0252. The van der Waals surface area contributed by atoms with E-state index in [9.17, 15) is 0 Å². The SMILES string of the molecule is CC1(C)CN(CCNc2ccccc2Cl)CCO1. The van der Waals surface area contributed by atoms with Crippen molar-refractivity contribution in [2.75, 3.05) is 38.1 Å². The van der Waals surface area contributed by atoms with Gasteiger partial charge in [-0.15, -0.1) is 0 Å². The highest BCUT2D eigenvalue weighted by Crippen LogP contribution is 2.20. The molecule has 2 rings (SSSR count). The molecule has 0 spiro atoms. The molecular weight excluding hydrogens is 248 g/mol. The Morgan fingerprint density at radius 1 is 1.39 bits per heavy atom. The van der Waals surface area contributed by atoms with Crippen molar-refractivity contribution in [1.29, 1.82) is 0 Å². The number of hydrogen-bond donors (Lipinski definition) is 1. The molecule has 0 aliphatic carbocycles. The Hall–Kier alpha value is -0.770. The Kier molecular flexibility index (Phi) is 4.49. The molecule has 4 heteroatoms. The molecule has 0 radical (unpaired) electrons. The fourth-order valence-electron chi connectivity index (χ4n) is 2.26.